The van der Waals surface area contributed by atoms with Gasteiger partial charge in [-0.15, -0.1) is 0 Å². The second-order valence-corrected chi connectivity index (χ2v) is 4.15. The first-order valence-corrected chi connectivity index (χ1v) is 5.56. The predicted octanol–water partition coefficient (Wildman–Crippen LogP) is 0.820. The fourth-order valence-corrected chi connectivity index (χ4v) is 1.67. The normalized spacial score (nSPS) is 11.5. The highest BCUT2D eigenvalue weighted by atomic mass is 16.5. The van der Waals surface area contributed by atoms with Gasteiger partial charge in [-0.2, -0.15) is 0 Å². The van der Waals surface area contributed by atoms with Gasteiger partial charge in [0.1, 0.15) is 6.33 Å². The summed E-state index contributed by atoms with van der Waals surface area (Å²) < 4.78 is 8.35. The Hall–Kier alpha value is -1.69. The van der Waals surface area contributed by atoms with Gasteiger partial charge in [0.15, 0.2) is 11.2 Å². The summed E-state index contributed by atoms with van der Waals surface area (Å²) in [5.74, 6) is 0. The molecule has 2 aromatic heterocycles. The van der Waals surface area contributed by atoms with Crippen molar-refractivity contribution in [1.82, 2.24) is 19.1 Å². The van der Waals surface area contributed by atoms with Gasteiger partial charge in [0, 0.05) is 13.2 Å². The van der Waals surface area contributed by atoms with Crippen molar-refractivity contribution in [3.8, 4) is 0 Å². The van der Waals surface area contributed by atoms with Gasteiger partial charge in [-0.3, -0.25) is 9.36 Å². The van der Waals surface area contributed by atoms with E-state index in [0.29, 0.717) is 24.3 Å². The van der Waals surface area contributed by atoms with Crippen molar-refractivity contribution in [2.45, 2.75) is 26.4 Å². The molecule has 0 atom stereocenters. The van der Waals surface area contributed by atoms with Crippen LogP contribution in [0.5, 0.6) is 0 Å². The van der Waals surface area contributed by atoms with Crippen LogP contribution in [0.15, 0.2) is 17.4 Å². The molecule has 0 unspecified atom stereocenters. The molecule has 0 aliphatic heterocycles. The molecule has 0 fully saturated rings. The standard InChI is InChI=1S/C11H16N4O2/c1-8(2)15-7-12-9-10(15)13-6-14(11(9)16)4-5-17-3/h6-8H,4-5H2,1-3H3. The van der Waals surface area contributed by atoms with Crippen molar-refractivity contribution < 1.29 is 4.74 Å². The van der Waals surface area contributed by atoms with E-state index in [9.17, 15) is 4.79 Å². The van der Waals surface area contributed by atoms with Crippen LogP contribution in [0.2, 0.25) is 0 Å². The molecule has 6 nitrogen and oxygen atoms in total. The second-order valence-electron chi connectivity index (χ2n) is 4.15. The lowest BCUT2D eigenvalue weighted by Gasteiger charge is -2.07. The summed E-state index contributed by atoms with van der Waals surface area (Å²) in [4.78, 5) is 20.5. The molecule has 0 bridgehead atoms. The number of ether oxygens (including phenoxy) is 1. The van der Waals surface area contributed by atoms with Crippen LogP contribution in [0, 0.1) is 0 Å². The van der Waals surface area contributed by atoms with Gasteiger partial charge in [0.25, 0.3) is 5.56 Å². The molecule has 0 spiro atoms. The molecule has 2 rings (SSSR count). The molecule has 0 amide bonds. The molecule has 0 N–H and O–H groups in total. The zero-order chi connectivity index (χ0) is 12.4. The highest BCUT2D eigenvalue weighted by Gasteiger charge is 2.11. The Labute approximate surface area is 98.9 Å². The molecular weight excluding hydrogens is 220 g/mol. The zero-order valence-corrected chi connectivity index (χ0v) is 10.3. The molecule has 0 aromatic carbocycles. The van der Waals surface area contributed by atoms with E-state index in [2.05, 4.69) is 9.97 Å². The third kappa shape index (κ3) is 2.08. The van der Waals surface area contributed by atoms with E-state index < -0.39 is 0 Å². The second kappa shape index (κ2) is 4.67. The predicted molar refractivity (Wildman–Crippen MR) is 64.0 cm³/mol. The number of hydrogen-bond donors (Lipinski definition) is 0. The Kier molecular flexibility index (Phi) is 3.23. The van der Waals surface area contributed by atoms with Gasteiger partial charge < -0.3 is 9.30 Å². The van der Waals surface area contributed by atoms with Crippen molar-refractivity contribution in [3.05, 3.63) is 23.0 Å². The van der Waals surface area contributed by atoms with Crippen LogP contribution >= 0.6 is 0 Å². The van der Waals surface area contributed by atoms with Gasteiger partial charge >= 0.3 is 0 Å². The average molecular weight is 236 g/mol. The SMILES string of the molecule is COCCn1cnc2c(ncn2C(C)C)c1=O. The molecule has 2 heterocycles. The molecule has 6 heteroatoms. The Bertz CT molecular complexity index is 570. The lowest BCUT2D eigenvalue weighted by atomic mass is 10.4. The summed E-state index contributed by atoms with van der Waals surface area (Å²) >= 11 is 0. The highest BCUT2D eigenvalue weighted by molar-refractivity contribution is 5.69. The Balaban J connectivity index is 2.50. The molecule has 0 radical (unpaired) electrons. The highest BCUT2D eigenvalue weighted by Crippen LogP contribution is 2.11. The van der Waals surface area contributed by atoms with E-state index in [1.165, 1.54) is 4.57 Å². The molecule has 0 aliphatic carbocycles. The molecule has 2 aromatic rings. The first kappa shape index (κ1) is 11.8. The number of aromatic nitrogens is 4. The monoisotopic (exact) mass is 236 g/mol. The summed E-state index contributed by atoms with van der Waals surface area (Å²) in [6.07, 6.45) is 3.20. The topological polar surface area (TPSA) is 61.9 Å². The summed E-state index contributed by atoms with van der Waals surface area (Å²) in [7, 11) is 1.60. The van der Waals surface area contributed by atoms with Crippen molar-refractivity contribution in [2.75, 3.05) is 13.7 Å². The van der Waals surface area contributed by atoms with Crippen LogP contribution in [0.3, 0.4) is 0 Å². The maximum Gasteiger partial charge on any atom is 0.281 e. The lowest BCUT2D eigenvalue weighted by molar-refractivity contribution is 0.186. The smallest absolute Gasteiger partial charge is 0.281 e. The van der Waals surface area contributed by atoms with Gasteiger partial charge in [0.2, 0.25) is 0 Å². The fourth-order valence-electron chi connectivity index (χ4n) is 1.67. The van der Waals surface area contributed by atoms with Crippen molar-refractivity contribution in [2.24, 2.45) is 0 Å². The quantitative estimate of drug-likeness (QED) is 0.788. The van der Waals surface area contributed by atoms with Crippen LogP contribution in [0.25, 0.3) is 11.2 Å². The van der Waals surface area contributed by atoms with Crippen LogP contribution in [0.1, 0.15) is 19.9 Å². The first-order valence-electron chi connectivity index (χ1n) is 5.56. The lowest BCUT2D eigenvalue weighted by Crippen LogP contribution is -2.23. The Morgan fingerprint density at radius 3 is 2.76 bits per heavy atom. The fraction of sp³-hybridized carbons (Fsp3) is 0.545. The van der Waals surface area contributed by atoms with Crippen LogP contribution in [-0.4, -0.2) is 32.8 Å². The van der Waals surface area contributed by atoms with Crippen molar-refractivity contribution in [3.63, 3.8) is 0 Å². The van der Waals surface area contributed by atoms with E-state index in [1.807, 2.05) is 18.4 Å². The minimum absolute atomic E-state index is 0.119. The summed E-state index contributed by atoms with van der Waals surface area (Å²) in [5.41, 5.74) is 0.933. The number of rotatable bonds is 4. The number of fused-ring (bicyclic) bond motifs is 1. The number of imidazole rings is 1. The molecule has 17 heavy (non-hydrogen) atoms. The van der Waals surface area contributed by atoms with E-state index in [4.69, 9.17) is 4.74 Å². The minimum atomic E-state index is -0.119. The van der Waals surface area contributed by atoms with Crippen LogP contribution in [-0.2, 0) is 11.3 Å². The molecule has 92 valence electrons. The third-order valence-corrected chi connectivity index (χ3v) is 2.64. The number of hydrogen-bond acceptors (Lipinski definition) is 4. The summed E-state index contributed by atoms with van der Waals surface area (Å²) in [6, 6.07) is 0.238. The van der Waals surface area contributed by atoms with E-state index in [1.54, 1.807) is 19.8 Å². The van der Waals surface area contributed by atoms with Gasteiger partial charge in [0.05, 0.1) is 19.5 Å². The van der Waals surface area contributed by atoms with Crippen molar-refractivity contribution >= 4 is 11.2 Å². The maximum atomic E-state index is 12.1. The Morgan fingerprint density at radius 2 is 2.12 bits per heavy atom. The first-order chi connectivity index (χ1) is 8.15. The number of nitrogens with zero attached hydrogens (tertiary/aromatic N) is 4. The molecule has 0 saturated carbocycles. The van der Waals surface area contributed by atoms with E-state index in [0.717, 1.165) is 0 Å². The minimum Gasteiger partial charge on any atom is -0.383 e. The molecular formula is C11H16N4O2. The number of methoxy groups -OCH3 is 1. The van der Waals surface area contributed by atoms with E-state index in [-0.39, 0.29) is 11.6 Å². The zero-order valence-electron chi connectivity index (χ0n) is 10.3. The summed E-state index contributed by atoms with van der Waals surface area (Å²) in [5, 5.41) is 0. The van der Waals surface area contributed by atoms with Crippen LogP contribution < -0.4 is 5.56 Å². The van der Waals surface area contributed by atoms with Crippen LogP contribution in [0.4, 0.5) is 0 Å². The largest absolute Gasteiger partial charge is 0.383 e. The molecule has 0 aliphatic rings. The van der Waals surface area contributed by atoms with E-state index >= 15 is 0 Å². The maximum absolute atomic E-state index is 12.1. The Morgan fingerprint density at radius 1 is 1.35 bits per heavy atom. The van der Waals surface area contributed by atoms with Crippen molar-refractivity contribution in [1.29, 1.82) is 0 Å². The van der Waals surface area contributed by atoms with Gasteiger partial charge in [-0.25, -0.2) is 9.97 Å². The van der Waals surface area contributed by atoms with Gasteiger partial charge in [-0.05, 0) is 13.8 Å². The third-order valence-electron chi connectivity index (χ3n) is 2.64. The molecule has 0 saturated heterocycles. The average Bonchev–Trinajstić information content (AvgIpc) is 2.73. The van der Waals surface area contributed by atoms with Gasteiger partial charge in [-0.1, -0.05) is 0 Å². The summed E-state index contributed by atoms with van der Waals surface area (Å²) in [6.45, 7) is 5.03.